The van der Waals surface area contributed by atoms with Crippen molar-refractivity contribution in [2.24, 2.45) is 11.7 Å². The Balaban J connectivity index is 2.61. The van der Waals surface area contributed by atoms with Crippen LogP contribution in [0.1, 0.15) is 38.4 Å². The van der Waals surface area contributed by atoms with Gasteiger partial charge < -0.3 is 10.5 Å². The Morgan fingerprint density at radius 1 is 1.40 bits per heavy atom. The van der Waals surface area contributed by atoms with E-state index in [9.17, 15) is 0 Å². The molecule has 2 unspecified atom stereocenters. The molecular weight excluding hydrogens is 190 g/mol. The maximum Gasteiger partial charge on any atom is 0.233 e. The second kappa shape index (κ2) is 5.66. The monoisotopic (exact) mass is 209 g/mol. The quantitative estimate of drug-likeness (QED) is 0.804. The summed E-state index contributed by atoms with van der Waals surface area (Å²) in [6, 6.07) is 3.64. The fourth-order valence-corrected chi connectivity index (χ4v) is 1.36. The lowest BCUT2D eigenvalue weighted by atomic mass is 9.98. The Labute approximate surface area is 90.8 Å². The van der Waals surface area contributed by atoms with Crippen LogP contribution in [0.3, 0.4) is 0 Å². The van der Waals surface area contributed by atoms with Crippen LogP contribution in [0.4, 0.5) is 0 Å². The van der Waals surface area contributed by atoms with Crippen LogP contribution >= 0.6 is 0 Å². The first-order valence-electron chi connectivity index (χ1n) is 5.30. The smallest absolute Gasteiger partial charge is 0.233 e. The summed E-state index contributed by atoms with van der Waals surface area (Å²) in [5, 5.41) is 7.94. The minimum absolute atomic E-state index is 0.0293. The van der Waals surface area contributed by atoms with Crippen LogP contribution < -0.4 is 10.5 Å². The molecule has 0 aromatic carbocycles. The van der Waals surface area contributed by atoms with Crippen molar-refractivity contribution in [3.8, 4) is 5.88 Å². The van der Waals surface area contributed by atoms with Crippen molar-refractivity contribution in [3.63, 3.8) is 0 Å². The molecule has 4 heteroatoms. The van der Waals surface area contributed by atoms with Gasteiger partial charge in [-0.1, -0.05) is 20.3 Å². The summed E-state index contributed by atoms with van der Waals surface area (Å²) >= 11 is 0. The zero-order valence-electron chi connectivity index (χ0n) is 9.60. The summed E-state index contributed by atoms with van der Waals surface area (Å²) in [5.74, 6) is 1.14. The molecule has 2 atom stereocenters. The first kappa shape index (κ1) is 11.9. The Morgan fingerprint density at radius 2 is 2.13 bits per heavy atom. The Kier molecular flexibility index (Phi) is 4.49. The van der Waals surface area contributed by atoms with Crippen molar-refractivity contribution >= 4 is 0 Å². The van der Waals surface area contributed by atoms with Crippen molar-refractivity contribution in [2.75, 3.05) is 7.11 Å². The molecule has 1 aromatic heterocycles. The van der Waals surface area contributed by atoms with Crippen LogP contribution in [0.2, 0.25) is 0 Å². The number of nitrogens with zero attached hydrogens (tertiary/aromatic N) is 2. The van der Waals surface area contributed by atoms with Gasteiger partial charge in [-0.2, -0.15) is 5.10 Å². The average Bonchev–Trinajstić information content (AvgIpc) is 2.29. The summed E-state index contributed by atoms with van der Waals surface area (Å²) in [6.07, 6.45) is 2.08. The molecule has 2 N–H and O–H groups in total. The Morgan fingerprint density at radius 3 is 2.60 bits per heavy atom. The molecule has 0 aliphatic rings. The van der Waals surface area contributed by atoms with E-state index in [1.807, 2.05) is 6.07 Å². The minimum Gasteiger partial charge on any atom is -0.480 e. The molecule has 0 bridgehead atoms. The Hall–Kier alpha value is -1.16. The maximum atomic E-state index is 6.02. The van der Waals surface area contributed by atoms with Gasteiger partial charge in [-0.05, 0) is 18.4 Å². The van der Waals surface area contributed by atoms with Crippen LogP contribution in [-0.2, 0) is 0 Å². The van der Waals surface area contributed by atoms with E-state index in [4.69, 9.17) is 10.5 Å². The summed E-state index contributed by atoms with van der Waals surface area (Å²) < 4.78 is 4.94. The van der Waals surface area contributed by atoms with Crippen LogP contribution in [0, 0.1) is 5.92 Å². The number of hydrogen-bond acceptors (Lipinski definition) is 4. The molecule has 0 aliphatic carbocycles. The van der Waals surface area contributed by atoms with Gasteiger partial charge >= 0.3 is 0 Å². The van der Waals surface area contributed by atoms with Crippen LogP contribution in [0.25, 0.3) is 0 Å². The van der Waals surface area contributed by atoms with Gasteiger partial charge in [0.25, 0.3) is 0 Å². The number of hydrogen-bond donors (Lipinski definition) is 1. The molecule has 0 radical (unpaired) electrons. The van der Waals surface area contributed by atoms with Crippen LogP contribution in [0.15, 0.2) is 12.1 Å². The van der Waals surface area contributed by atoms with Gasteiger partial charge in [-0.15, -0.1) is 5.10 Å². The second-order valence-electron chi connectivity index (χ2n) is 3.86. The lowest BCUT2D eigenvalue weighted by molar-refractivity contribution is 0.388. The lowest BCUT2D eigenvalue weighted by Crippen LogP contribution is -2.15. The molecule has 0 amide bonds. The van der Waals surface area contributed by atoms with Crippen LogP contribution in [-0.4, -0.2) is 17.3 Å². The van der Waals surface area contributed by atoms with E-state index in [1.54, 1.807) is 13.2 Å². The predicted octanol–water partition coefficient (Wildman–Crippen LogP) is 1.92. The predicted molar refractivity (Wildman–Crippen MR) is 59.6 cm³/mol. The normalized spacial score (nSPS) is 14.7. The highest BCUT2D eigenvalue weighted by molar-refractivity contribution is 5.13. The molecule has 1 heterocycles. The highest BCUT2D eigenvalue weighted by Gasteiger charge is 2.11. The van der Waals surface area contributed by atoms with Gasteiger partial charge in [-0.25, -0.2) is 0 Å². The van der Waals surface area contributed by atoms with Gasteiger partial charge in [-0.3, -0.25) is 0 Å². The van der Waals surface area contributed by atoms with E-state index in [0.717, 1.165) is 18.5 Å². The van der Waals surface area contributed by atoms with E-state index in [2.05, 4.69) is 24.0 Å². The maximum absolute atomic E-state index is 6.02. The zero-order valence-corrected chi connectivity index (χ0v) is 9.60. The standard InChI is InChI=1S/C11H19N3O/c1-4-8(2)7-9(12)10-5-6-11(15-3)14-13-10/h5-6,8-9H,4,7,12H2,1-3H3. The van der Waals surface area contributed by atoms with Crippen LogP contribution in [0.5, 0.6) is 5.88 Å². The minimum atomic E-state index is -0.0293. The number of aromatic nitrogens is 2. The molecule has 84 valence electrons. The molecule has 0 aliphatic heterocycles. The van der Waals surface area contributed by atoms with E-state index in [0.29, 0.717) is 11.8 Å². The van der Waals surface area contributed by atoms with E-state index < -0.39 is 0 Å². The van der Waals surface area contributed by atoms with Gasteiger partial charge in [0.1, 0.15) is 0 Å². The highest BCUT2D eigenvalue weighted by atomic mass is 16.5. The van der Waals surface area contributed by atoms with Gasteiger partial charge in [0, 0.05) is 12.1 Å². The first-order valence-corrected chi connectivity index (χ1v) is 5.30. The number of methoxy groups -OCH3 is 1. The van der Waals surface area contributed by atoms with E-state index in [1.165, 1.54) is 0 Å². The van der Waals surface area contributed by atoms with Gasteiger partial charge in [0.05, 0.1) is 12.8 Å². The zero-order chi connectivity index (χ0) is 11.3. The fourth-order valence-electron chi connectivity index (χ4n) is 1.36. The number of rotatable bonds is 5. The molecule has 0 spiro atoms. The largest absolute Gasteiger partial charge is 0.480 e. The topological polar surface area (TPSA) is 61.0 Å². The third-order valence-corrected chi connectivity index (χ3v) is 2.60. The SMILES string of the molecule is CCC(C)CC(N)c1ccc(OC)nn1. The van der Waals surface area contributed by atoms with Gasteiger partial charge in [0.15, 0.2) is 0 Å². The average molecular weight is 209 g/mol. The van der Waals surface area contributed by atoms with E-state index >= 15 is 0 Å². The molecule has 0 fully saturated rings. The number of nitrogens with two attached hydrogens (primary N) is 1. The molecule has 15 heavy (non-hydrogen) atoms. The molecule has 4 nitrogen and oxygen atoms in total. The third-order valence-electron chi connectivity index (χ3n) is 2.60. The second-order valence-corrected chi connectivity index (χ2v) is 3.86. The molecule has 1 aromatic rings. The van der Waals surface area contributed by atoms with E-state index in [-0.39, 0.29) is 6.04 Å². The molecular formula is C11H19N3O. The van der Waals surface area contributed by atoms with Crippen molar-refractivity contribution in [1.29, 1.82) is 0 Å². The Bertz CT molecular complexity index is 286. The van der Waals surface area contributed by atoms with Gasteiger partial charge in [0.2, 0.25) is 5.88 Å². The summed E-state index contributed by atoms with van der Waals surface area (Å²) in [5.41, 5.74) is 6.85. The third kappa shape index (κ3) is 3.47. The summed E-state index contributed by atoms with van der Waals surface area (Å²) in [6.45, 7) is 4.36. The van der Waals surface area contributed by atoms with Crippen molar-refractivity contribution in [2.45, 2.75) is 32.7 Å². The highest BCUT2D eigenvalue weighted by Crippen LogP contribution is 2.19. The molecule has 0 saturated heterocycles. The van der Waals surface area contributed by atoms with Crippen molar-refractivity contribution in [3.05, 3.63) is 17.8 Å². The lowest BCUT2D eigenvalue weighted by Gasteiger charge is -2.14. The molecule has 1 rings (SSSR count). The number of ether oxygens (including phenoxy) is 1. The summed E-state index contributed by atoms with van der Waals surface area (Å²) in [7, 11) is 1.57. The fraction of sp³-hybridized carbons (Fsp3) is 0.636. The summed E-state index contributed by atoms with van der Waals surface area (Å²) in [4.78, 5) is 0. The first-order chi connectivity index (χ1) is 7.17. The van der Waals surface area contributed by atoms with Crippen molar-refractivity contribution in [1.82, 2.24) is 10.2 Å². The molecule has 0 saturated carbocycles. The van der Waals surface area contributed by atoms with Crippen molar-refractivity contribution < 1.29 is 4.74 Å².